The van der Waals surface area contributed by atoms with E-state index < -0.39 is 0 Å². The fourth-order valence-corrected chi connectivity index (χ4v) is 4.99. The summed E-state index contributed by atoms with van der Waals surface area (Å²) in [6.45, 7) is 0.599. The molecule has 0 saturated carbocycles. The highest BCUT2D eigenvalue weighted by Crippen LogP contribution is 2.34. The third-order valence-corrected chi connectivity index (χ3v) is 6.76. The van der Waals surface area contributed by atoms with Gasteiger partial charge < -0.3 is 4.98 Å². The van der Waals surface area contributed by atoms with Crippen LogP contribution in [0.5, 0.6) is 0 Å². The van der Waals surface area contributed by atoms with Crippen molar-refractivity contribution in [3.8, 4) is 28.5 Å². The summed E-state index contributed by atoms with van der Waals surface area (Å²) in [5, 5.41) is 10.7. The van der Waals surface area contributed by atoms with Gasteiger partial charge in [-0.1, -0.05) is 72.8 Å². The van der Waals surface area contributed by atoms with Crippen molar-refractivity contribution in [1.29, 1.82) is 5.26 Å². The van der Waals surface area contributed by atoms with Gasteiger partial charge in [0, 0.05) is 23.4 Å². The smallest absolute Gasteiger partial charge is 0.306 e. The molecule has 5 nitrogen and oxygen atoms in total. The molecule has 0 aliphatic rings. The van der Waals surface area contributed by atoms with Crippen molar-refractivity contribution in [2.75, 3.05) is 5.75 Å². The number of nitrogens with zero attached hydrogens (tertiary/aromatic N) is 3. The van der Waals surface area contributed by atoms with E-state index in [1.165, 1.54) is 0 Å². The van der Waals surface area contributed by atoms with Gasteiger partial charge >= 0.3 is 5.69 Å². The number of rotatable bonds is 7. The van der Waals surface area contributed by atoms with E-state index in [4.69, 9.17) is 4.98 Å². The monoisotopic (exact) mass is 462 g/mol. The molecule has 0 unspecified atom stereocenters. The number of pyridine rings is 1. The van der Waals surface area contributed by atoms with E-state index in [0.29, 0.717) is 17.1 Å². The standard InChI is InChI=1S/C28H22N4OS/c29-19-23-22(20-10-3-1-4-11-20)18-25(21-12-5-2-6-13-21)30-27(23)34-17-9-16-32-26-15-8-7-14-24(26)31-28(32)33/h1-8,10-15,18H,9,16-17H2,(H,31,33). The van der Waals surface area contributed by atoms with Crippen molar-refractivity contribution in [2.45, 2.75) is 18.0 Å². The van der Waals surface area contributed by atoms with E-state index in [1.54, 1.807) is 16.3 Å². The molecule has 2 heterocycles. The second kappa shape index (κ2) is 9.82. The van der Waals surface area contributed by atoms with Crippen LogP contribution in [0.1, 0.15) is 12.0 Å². The van der Waals surface area contributed by atoms with Crippen molar-refractivity contribution >= 4 is 22.8 Å². The van der Waals surface area contributed by atoms with Crippen molar-refractivity contribution in [3.05, 3.63) is 107 Å². The number of aryl methyl sites for hydroxylation is 1. The second-order valence-corrected chi connectivity index (χ2v) is 8.96. The Balaban J connectivity index is 1.44. The maximum atomic E-state index is 12.4. The van der Waals surface area contributed by atoms with Crippen molar-refractivity contribution < 1.29 is 0 Å². The number of para-hydroxylation sites is 2. The average Bonchev–Trinajstić information content (AvgIpc) is 3.22. The Bertz CT molecular complexity index is 1530. The van der Waals surface area contributed by atoms with E-state index in [1.807, 2.05) is 91.0 Å². The molecule has 1 N–H and O–H groups in total. The minimum Gasteiger partial charge on any atom is -0.306 e. The molecule has 34 heavy (non-hydrogen) atoms. The van der Waals surface area contributed by atoms with Crippen LogP contribution in [-0.4, -0.2) is 20.3 Å². The highest BCUT2D eigenvalue weighted by atomic mass is 32.2. The lowest BCUT2D eigenvalue weighted by Gasteiger charge is -2.13. The fourth-order valence-electron chi connectivity index (χ4n) is 4.06. The van der Waals surface area contributed by atoms with Gasteiger partial charge in [0.2, 0.25) is 0 Å². The number of nitrogens with one attached hydrogen (secondary N) is 1. The first kappa shape index (κ1) is 21.7. The van der Waals surface area contributed by atoms with Crippen LogP contribution in [0.2, 0.25) is 0 Å². The summed E-state index contributed by atoms with van der Waals surface area (Å²) in [7, 11) is 0. The van der Waals surface area contributed by atoms with Crippen LogP contribution < -0.4 is 5.69 Å². The molecular formula is C28H22N4OS. The molecule has 0 aliphatic carbocycles. The Labute approximate surface area is 201 Å². The third kappa shape index (κ3) is 4.39. The van der Waals surface area contributed by atoms with Crippen LogP contribution in [-0.2, 0) is 6.54 Å². The van der Waals surface area contributed by atoms with Crippen LogP contribution in [0.3, 0.4) is 0 Å². The molecule has 0 fully saturated rings. The molecular weight excluding hydrogens is 440 g/mol. The summed E-state index contributed by atoms with van der Waals surface area (Å²) in [4.78, 5) is 20.1. The Morgan fingerprint density at radius 1 is 0.912 bits per heavy atom. The quantitative estimate of drug-likeness (QED) is 0.234. The lowest BCUT2D eigenvalue weighted by Crippen LogP contribution is -2.17. The number of H-pyrrole nitrogens is 1. The van der Waals surface area contributed by atoms with Crippen LogP contribution in [0.15, 0.2) is 101 Å². The van der Waals surface area contributed by atoms with Gasteiger partial charge in [0.05, 0.1) is 22.3 Å². The normalized spacial score (nSPS) is 10.9. The lowest BCUT2D eigenvalue weighted by atomic mass is 9.99. The zero-order valence-corrected chi connectivity index (χ0v) is 19.3. The summed E-state index contributed by atoms with van der Waals surface area (Å²) < 4.78 is 1.77. The van der Waals surface area contributed by atoms with Gasteiger partial charge in [0.25, 0.3) is 0 Å². The minimum absolute atomic E-state index is 0.0977. The van der Waals surface area contributed by atoms with Gasteiger partial charge in [-0.25, -0.2) is 9.78 Å². The molecule has 0 atom stereocenters. The van der Waals surface area contributed by atoms with Gasteiger partial charge in [-0.3, -0.25) is 4.57 Å². The zero-order valence-electron chi connectivity index (χ0n) is 18.4. The van der Waals surface area contributed by atoms with E-state index in [0.717, 1.165) is 45.6 Å². The number of imidazole rings is 1. The van der Waals surface area contributed by atoms with Crippen molar-refractivity contribution in [1.82, 2.24) is 14.5 Å². The minimum atomic E-state index is -0.0977. The number of hydrogen-bond donors (Lipinski definition) is 1. The predicted octanol–water partition coefficient (Wildman–Crippen LogP) is 6.11. The van der Waals surface area contributed by atoms with Gasteiger partial charge in [-0.2, -0.15) is 5.26 Å². The molecule has 3 aromatic carbocycles. The molecule has 166 valence electrons. The molecule has 0 amide bonds. The topological polar surface area (TPSA) is 74.5 Å². The maximum absolute atomic E-state index is 12.4. The van der Waals surface area contributed by atoms with Crippen LogP contribution in [0.4, 0.5) is 0 Å². The molecule has 5 rings (SSSR count). The van der Waals surface area contributed by atoms with Crippen LogP contribution >= 0.6 is 11.8 Å². The number of thioether (sulfide) groups is 1. The zero-order chi connectivity index (χ0) is 23.3. The molecule has 0 bridgehead atoms. The maximum Gasteiger partial charge on any atom is 0.326 e. The summed E-state index contributed by atoms with van der Waals surface area (Å²) in [6.07, 6.45) is 0.773. The van der Waals surface area contributed by atoms with E-state index in [-0.39, 0.29) is 5.69 Å². The lowest BCUT2D eigenvalue weighted by molar-refractivity contribution is 0.679. The highest BCUT2D eigenvalue weighted by Gasteiger charge is 2.16. The number of benzene rings is 3. The summed E-state index contributed by atoms with van der Waals surface area (Å²) in [5.41, 5.74) is 5.96. The summed E-state index contributed by atoms with van der Waals surface area (Å²) in [5.74, 6) is 0.736. The number of hydrogen-bond acceptors (Lipinski definition) is 4. The number of nitriles is 1. The van der Waals surface area contributed by atoms with E-state index in [2.05, 4.69) is 11.1 Å². The van der Waals surface area contributed by atoms with Gasteiger partial charge in [-0.05, 0) is 30.2 Å². The Kier molecular flexibility index (Phi) is 6.28. The average molecular weight is 463 g/mol. The molecule has 0 saturated heterocycles. The van der Waals surface area contributed by atoms with Gasteiger partial charge in [0.15, 0.2) is 0 Å². The van der Waals surface area contributed by atoms with E-state index in [9.17, 15) is 10.1 Å². The first-order valence-electron chi connectivity index (χ1n) is 11.1. The Morgan fingerprint density at radius 2 is 1.59 bits per heavy atom. The SMILES string of the molecule is N#Cc1c(-c2ccccc2)cc(-c2ccccc2)nc1SCCCn1c(=O)[nH]c2ccccc21. The number of fused-ring (bicyclic) bond motifs is 1. The Morgan fingerprint density at radius 3 is 2.32 bits per heavy atom. The predicted molar refractivity (Wildman–Crippen MR) is 138 cm³/mol. The molecule has 6 heteroatoms. The molecule has 0 aliphatic heterocycles. The number of aromatic nitrogens is 3. The fraction of sp³-hybridized carbons (Fsp3) is 0.107. The first-order valence-corrected chi connectivity index (χ1v) is 12.1. The van der Waals surface area contributed by atoms with Crippen LogP contribution in [0.25, 0.3) is 33.4 Å². The van der Waals surface area contributed by atoms with Crippen molar-refractivity contribution in [3.63, 3.8) is 0 Å². The Hall–Kier alpha value is -4.08. The van der Waals surface area contributed by atoms with Crippen LogP contribution in [0, 0.1) is 11.3 Å². The second-order valence-electron chi connectivity index (χ2n) is 7.88. The highest BCUT2D eigenvalue weighted by molar-refractivity contribution is 7.99. The van der Waals surface area contributed by atoms with Crippen molar-refractivity contribution in [2.24, 2.45) is 0 Å². The summed E-state index contributed by atoms with van der Waals surface area (Å²) >= 11 is 1.56. The third-order valence-electron chi connectivity index (χ3n) is 5.70. The van der Waals surface area contributed by atoms with E-state index >= 15 is 0 Å². The first-order chi connectivity index (χ1) is 16.7. The number of aromatic amines is 1. The molecule has 2 aromatic heterocycles. The molecule has 5 aromatic rings. The summed E-state index contributed by atoms with van der Waals surface area (Å²) in [6, 6.07) is 32.1. The molecule has 0 radical (unpaired) electrons. The molecule has 0 spiro atoms. The largest absolute Gasteiger partial charge is 0.326 e. The van der Waals surface area contributed by atoms with Gasteiger partial charge in [-0.15, -0.1) is 11.8 Å². The van der Waals surface area contributed by atoms with Gasteiger partial charge in [0.1, 0.15) is 11.1 Å².